The number of ether oxygens (including phenoxy) is 2. The van der Waals surface area contributed by atoms with Crippen LogP contribution in [0, 0.1) is 6.92 Å². The van der Waals surface area contributed by atoms with Crippen LogP contribution in [0.3, 0.4) is 0 Å². The van der Waals surface area contributed by atoms with Crippen molar-refractivity contribution in [2.24, 2.45) is 0 Å². The Hall–Kier alpha value is -2.67. The first kappa shape index (κ1) is 22.6. The Kier molecular flexibility index (Phi) is 8.39. The van der Waals surface area contributed by atoms with E-state index < -0.39 is 5.97 Å². The van der Waals surface area contributed by atoms with Gasteiger partial charge in [-0.05, 0) is 32.8 Å². The van der Waals surface area contributed by atoms with Crippen LogP contribution in [-0.2, 0) is 23.9 Å². The first-order chi connectivity index (χ1) is 13.9. The number of nitrogens with zero attached hydrogens (tertiary/aromatic N) is 1. The molecule has 29 heavy (non-hydrogen) atoms. The SMILES string of the molecule is CCOC(=O)C1=C(C)N(CC(=O)NCCCOC)C(=O)C[C@H]1c1cccc(C)c1. The van der Waals surface area contributed by atoms with Gasteiger partial charge < -0.3 is 19.7 Å². The fraction of sp³-hybridized carbons (Fsp3) is 0.500. The predicted molar refractivity (Wildman–Crippen MR) is 109 cm³/mol. The Labute approximate surface area is 172 Å². The highest BCUT2D eigenvalue weighted by Gasteiger charge is 2.37. The summed E-state index contributed by atoms with van der Waals surface area (Å²) in [4.78, 5) is 39.2. The third-order valence-electron chi connectivity index (χ3n) is 4.91. The van der Waals surface area contributed by atoms with Gasteiger partial charge in [0.1, 0.15) is 6.54 Å². The van der Waals surface area contributed by atoms with Gasteiger partial charge in [0, 0.05) is 38.3 Å². The average Bonchev–Trinajstić information content (AvgIpc) is 2.68. The summed E-state index contributed by atoms with van der Waals surface area (Å²) in [5.41, 5.74) is 2.85. The fourth-order valence-corrected chi connectivity index (χ4v) is 3.49. The fourth-order valence-electron chi connectivity index (χ4n) is 3.49. The van der Waals surface area contributed by atoms with E-state index in [1.165, 1.54) is 4.90 Å². The van der Waals surface area contributed by atoms with Crippen LogP contribution in [0.15, 0.2) is 35.5 Å². The van der Waals surface area contributed by atoms with Crippen molar-refractivity contribution in [2.45, 2.75) is 39.5 Å². The summed E-state index contributed by atoms with van der Waals surface area (Å²) >= 11 is 0. The summed E-state index contributed by atoms with van der Waals surface area (Å²) in [5.74, 6) is -1.29. The number of carbonyl (C=O) groups excluding carboxylic acids is 3. The molecule has 1 atom stereocenters. The summed E-state index contributed by atoms with van der Waals surface area (Å²) in [7, 11) is 1.60. The summed E-state index contributed by atoms with van der Waals surface area (Å²) in [6.45, 7) is 6.54. The molecule has 0 aliphatic carbocycles. The molecule has 0 fully saturated rings. The zero-order chi connectivity index (χ0) is 21.4. The number of rotatable bonds is 9. The van der Waals surface area contributed by atoms with E-state index in [4.69, 9.17) is 9.47 Å². The van der Waals surface area contributed by atoms with Gasteiger partial charge in [0.2, 0.25) is 11.8 Å². The number of methoxy groups -OCH3 is 1. The minimum atomic E-state index is -0.450. The Morgan fingerprint density at radius 1 is 1.28 bits per heavy atom. The van der Waals surface area contributed by atoms with E-state index >= 15 is 0 Å². The van der Waals surface area contributed by atoms with Gasteiger partial charge in [-0.3, -0.25) is 9.59 Å². The molecular formula is C22H30N2O5. The lowest BCUT2D eigenvalue weighted by Gasteiger charge is -2.34. The number of carbonyl (C=O) groups is 3. The van der Waals surface area contributed by atoms with Crippen LogP contribution >= 0.6 is 0 Å². The van der Waals surface area contributed by atoms with E-state index in [1.54, 1.807) is 21.0 Å². The molecule has 7 heteroatoms. The molecule has 1 N–H and O–H groups in total. The molecule has 7 nitrogen and oxygen atoms in total. The number of hydrogen-bond donors (Lipinski definition) is 1. The maximum Gasteiger partial charge on any atom is 0.336 e. The molecule has 1 aromatic carbocycles. The molecule has 0 saturated carbocycles. The Bertz CT molecular complexity index is 787. The highest BCUT2D eigenvalue weighted by atomic mass is 16.5. The number of benzene rings is 1. The molecule has 0 unspecified atom stereocenters. The zero-order valence-electron chi connectivity index (χ0n) is 17.6. The molecule has 1 heterocycles. The van der Waals surface area contributed by atoms with Crippen molar-refractivity contribution in [3.63, 3.8) is 0 Å². The van der Waals surface area contributed by atoms with Crippen LogP contribution in [-0.4, -0.2) is 56.1 Å². The van der Waals surface area contributed by atoms with Gasteiger partial charge in [-0.1, -0.05) is 29.8 Å². The van der Waals surface area contributed by atoms with Gasteiger partial charge in [0.05, 0.1) is 12.2 Å². The van der Waals surface area contributed by atoms with Gasteiger partial charge in [0.15, 0.2) is 0 Å². The van der Waals surface area contributed by atoms with Crippen molar-refractivity contribution < 1.29 is 23.9 Å². The lowest BCUT2D eigenvalue weighted by Crippen LogP contribution is -2.44. The van der Waals surface area contributed by atoms with Crippen molar-refractivity contribution in [1.82, 2.24) is 10.2 Å². The molecule has 2 rings (SSSR count). The minimum Gasteiger partial charge on any atom is -0.463 e. The number of allylic oxidation sites excluding steroid dienone is 1. The number of aryl methyl sites for hydroxylation is 1. The number of hydrogen-bond acceptors (Lipinski definition) is 5. The van der Waals surface area contributed by atoms with Crippen LogP contribution in [0.4, 0.5) is 0 Å². The molecule has 0 aromatic heterocycles. The lowest BCUT2D eigenvalue weighted by molar-refractivity contribution is -0.141. The van der Waals surface area contributed by atoms with Crippen LogP contribution in [0.5, 0.6) is 0 Å². The molecular weight excluding hydrogens is 372 g/mol. The maximum atomic E-state index is 12.9. The smallest absolute Gasteiger partial charge is 0.336 e. The zero-order valence-corrected chi connectivity index (χ0v) is 17.6. The van der Waals surface area contributed by atoms with Gasteiger partial charge >= 0.3 is 5.97 Å². The molecule has 0 radical (unpaired) electrons. The van der Waals surface area contributed by atoms with Gasteiger partial charge in [-0.15, -0.1) is 0 Å². The Balaban J connectivity index is 2.29. The monoisotopic (exact) mass is 402 g/mol. The largest absolute Gasteiger partial charge is 0.463 e. The second-order valence-corrected chi connectivity index (χ2v) is 7.07. The Morgan fingerprint density at radius 2 is 2.03 bits per heavy atom. The second kappa shape index (κ2) is 10.8. The first-order valence-corrected chi connectivity index (χ1v) is 9.89. The topological polar surface area (TPSA) is 84.9 Å². The molecule has 1 aliphatic rings. The van der Waals surface area contributed by atoms with Crippen LogP contribution in [0.25, 0.3) is 0 Å². The van der Waals surface area contributed by atoms with Crippen molar-refractivity contribution in [3.8, 4) is 0 Å². The summed E-state index contributed by atoms with van der Waals surface area (Å²) in [6, 6.07) is 7.76. The highest BCUT2D eigenvalue weighted by Crippen LogP contribution is 2.37. The van der Waals surface area contributed by atoms with Crippen molar-refractivity contribution >= 4 is 17.8 Å². The molecule has 1 aliphatic heterocycles. The van der Waals surface area contributed by atoms with E-state index in [2.05, 4.69) is 5.32 Å². The minimum absolute atomic E-state index is 0.117. The van der Waals surface area contributed by atoms with E-state index in [-0.39, 0.29) is 37.3 Å². The molecule has 0 spiro atoms. The van der Waals surface area contributed by atoms with Gasteiger partial charge in [-0.2, -0.15) is 0 Å². The van der Waals surface area contributed by atoms with Gasteiger partial charge in [0.25, 0.3) is 0 Å². The quantitative estimate of drug-likeness (QED) is 0.506. The molecule has 0 bridgehead atoms. The molecule has 1 aromatic rings. The van der Waals surface area contributed by atoms with E-state index in [9.17, 15) is 14.4 Å². The normalized spacial score (nSPS) is 16.8. The van der Waals surface area contributed by atoms with E-state index in [0.717, 1.165) is 11.1 Å². The third-order valence-corrected chi connectivity index (χ3v) is 4.91. The van der Waals surface area contributed by atoms with Crippen molar-refractivity contribution in [1.29, 1.82) is 0 Å². The number of amides is 2. The predicted octanol–water partition coefficient (Wildman–Crippen LogP) is 2.30. The standard InChI is InChI=1S/C22H30N2O5/c1-5-29-22(27)21-16(3)24(14-19(25)23-10-7-11-28-4)20(26)13-18(21)17-9-6-8-15(2)12-17/h6,8-9,12,18H,5,7,10-11,13-14H2,1-4H3,(H,23,25)/t18-/m0/s1. The van der Waals surface area contributed by atoms with Gasteiger partial charge in [-0.25, -0.2) is 4.79 Å². The summed E-state index contributed by atoms with van der Waals surface area (Å²) < 4.78 is 10.2. The van der Waals surface area contributed by atoms with Crippen LogP contribution in [0.1, 0.15) is 43.7 Å². The third kappa shape index (κ3) is 5.90. The van der Waals surface area contributed by atoms with Crippen molar-refractivity contribution in [2.75, 3.05) is 33.4 Å². The van der Waals surface area contributed by atoms with E-state index in [1.807, 2.05) is 31.2 Å². The molecule has 158 valence electrons. The molecule has 0 saturated heterocycles. The number of esters is 1. The Morgan fingerprint density at radius 3 is 2.69 bits per heavy atom. The first-order valence-electron chi connectivity index (χ1n) is 9.89. The van der Waals surface area contributed by atoms with Crippen LogP contribution in [0.2, 0.25) is 0 Å². The second-order valence-electron chi connectivity index (χ2n) is 7.07. The van der Waals surface area contributed by atoms with E-state index in [0.29, 0.717) is 30.8 Å². The van der Waals surface area contributed by atoms with Crippen molar-refractivity contribution in [3.05, 3.63) is 46.7 Å². The number of nitrogens with one attached hydrogen (secondary N) is 1. The molecule has 2 amide bonds. The summed E-state index contributed by atoms with van der Waals surface area (Å²) in [5, 5.41) is 2.77. The highest BCUT2D eigenvalue weighted by molar-refractivity contribution is 5.97. The lowest BCUT2D eigenvalue weighted by atomic mass is 9.83. The maximum absolute atomic E-state index is 12.9. The van der Waals surface area contributed by atoms with Crippen LogP contribution < -0.4 is 5.32 Å². The average molecular weight is 402 g/mol. The summed E-state index contributed by atoms with van der Waals surface area (Å²) in [6.07, 6.45) is 0.806.